The summed E-state index contributed by atoms with van der Waals surface area (Å²) in [5.74, 6) is -1.41. The predicted molar refractivity (Wildman–Crippen MR) is 115 cm³/mol. The largest absolute Gasteiger partial charge is 0.419 e. The second-order valence-electron chi connectivity index (χ2n) is 8.25. The maximum Gasteiger partial charge on any atom is 0.419 e. The first-order valence-corrected chi connectivity index (χ1v) is 9.93. The van der Waals surface area contributed by atoms with E-state index >= 15 is 0 Å². The van der Waals surface area contributed by atoms with E-state index in [0.717, 1.165) is 22.0 Å². The smallest absolute Gasteiger partial charge is 0.384 e. The average molecular weight is 469 g/mol. The molecule has 2 N–H and O–H groups in total. The van der Waals surface area contributed by atoms with Gasteiger partial charge in [-0.3, -0.25) is 4.98 Å². The topological polar surface area (TPSA) is 62.7 Å². The van der Waals surface area contributed by atoms with Crippen LogP contribution >= 0.6 is 11.6 Å². The molecule has 10 heteroatoms. The minimum atomic E-state index is -4.84. The maximum atomic E-state index is 13.9. The van der Waals surface area contributed by atoms with Crippen molar-refractivity contribution in [2.45, 2.75) is 33.5 Å². The number of benzene rings is 2. The van der Waals surface area contributed by atoms with Gasteiger partial charge in [-0.25, -0.2) is 9.18 Å². The monoisotopic (exact) mass is 468 g/mol. The molecule has 0 aliphatic carbocycles. The molecule has 0 saturated heterocycles. The molecule has 0 aliphatic rings. The van der Waals surface area contributed by atoms with Crippen LogP contribution in [-0.4, -0.2) is 14.8 Å². The van der Waals surface area contributed by atoms with Gasteiger partial charge in [-0.1, -0.05) is 45.0 Å². The Balaban J connectivity index is 1.93. The van der Waals surface area contributed by atoms with Gasteiger partial charge in [0.25, 0.3) is 0 Å². The van der Waals surface area contributed by atoms with Gasteiger partial charge in [0, 0.05) is 29.3 Å². The van der Waals surface area contributed by atoms with Gasteiger partial charge in [0.2, 0.25) is 0 Å². The third-order valence-electron chi connectivity index (χ3n) is 4.82. The van der Waals surface area contributed by atoms with Crippen LogP contribution in [0.1, 0.15) is 31.9 Å². The average Bonchev–Trinajstić information content (AvgIpc) is 3.06. The Hall–Kier alpha value is -3.07. The van der Waals surface area contributed by atoms with E-state index in [2.05, 4.69) is 22.0 Å². The molecule has 170 valence electrons. The number of hydrogen-bond acceptors (Lipinski definition) is 3. The molecular formula is C22H21ClF4N4O. The summed E-state index contributed by atoms with van der Waals surface area (Å²) >= 11 is 6.28. The summed E-state index contributed by atoms with van der Waals surface area (Å²) in [5, 5.41) is 7.64. The van der Waals surface area contributed by atoms with Gasteiger partial charge < -0.3 is 5.32 Å². The zero-order valence-electron chi connectivity index (χ0n) is 17.6. The summed E-state index contributed by atoms with van der Waals surface area (Å²) < 4.78 is 53.1. The van der Waals surface area contributed by atoms with Gasteiger partial charge in [-0.05, 0) is 29.8 Å². The van der Waals surface area contributed by atoms with Gasteiger partial charge in [-0.2, -0.15) is 17.9 Å². The van der Waals surface area contributed by atoms with Crippen molar-refractivity contribution in [3.05, 3.63) is 81.1 Å². The molecule has 3 aromatic rings. The molecule has 0 radical (unpaired) electrons. The van der Waals surface area contributed by atoms with E-state index in [0.29, 0.717) is 29.3 Å². The Morgan fingerprint density at radius 3 is 2.47 bits per heavy atom. The van der Waals surface area contributed by atoms with Crippen LogP contribution in [0.25, 0.3) is 17.1 Å². The summed E-state index contributed by atoms with van der Waals surface area (Å²) in [7, 11) is 0. The molecule has 0 aliphatic heterocycles. The molecule has 5 nitrogen and oxygen atoms in total. The van der Waals surface area contributed by atoms with Crippen molar-refractivity contribution >= 4 is 11.6 Å². The van der Waals surface area contributed by atoms with Crippen LogP contribution < -0.4 is 11.0 Å². The van der Waals surface area contributed by atoms with Crippen molar-refractivity contribution in [2.75, 3.05) is 0 Å². The number of hydrogen-bond donors (Lipinski definition) is 2. The molecule has 0 fully saturated rings. The van der Waals surface area contributed by atoms with Crippen molar-refractivity contribution in [2.24, 2.45) is 5.41 Å². The molecule has 0 spiro atoms. The van der Waals surface area contributed by atoms with Gasteiger partial charge in [0.05, 0.1) is 16.3 Å². The van der Waals surface area contributed by atoms with Crippen LogP contribution in [0.5, 0.6) is 0 Å². The van der Waals surface area contributed by atoms with E-state index in [-0.39, 0.29) is 16.9 Å². The predicted octanol–water partition coefficient (Wildman–Crippen LogP) is 5.69. The standard InChI is InChI=1S/C22H21ClF4N4O/c1-12(21(2,3)4)28-11-13-5-8-17(23)15(9-13)19-29-20(32)31(30-19)14-6-7-16(18(24)10-14)22(25,26)27/h5-10,28H,1,11H2,2-4H3,(H,29,30,32). The summed E-state index contributed by atoms with van der Waals surface area (Å²) in [6, 6.07) is 7.30. The highest BCUT2D eigenvalue weighted by Gasteiger charge is 2.34. The minimum absolute atomic E-state index is 0.0943. The summed E-state index contributed by atoms with van der Waals surface area (Å²) in [6.45, 7) is 10.5. The van der Waals surface area contributed by atoms with Crippen molar-refractivity contribution in [3.63, 3.8) is 0 Å². The third-order valence-corrected chi connectivity index (χ3v) is 5.15. The number of aromatic amines is 1. The Bertz CT molecular complexity index is 1220. The number of rotatable bonds is 5. The quantitative estimate of drug-likeness (QED) is 0.473. The normalized spacial score (nSPS) is 12.1. The van der Waals surface area contributed by atoms with E-state index in [1.165, 1.54) is 0 Å². The van der Waals surface area contributed by atoms with E-state index in [4.69, 9.17) is 11.6 Å². The second-order valence-corrected chi connectivity index (χ2v) is 8.66. The summed E-state index contributed by atoms with van der Waals surface area (Å²) in [4.78, 5) is 14.9. The first kappa shape index (κ1) is 23.6. The molecule has 0 atom stereocenters. The number of nitrogens with zero attached hydrogens (tertiary/aromatic N) is 2. The van der Waals surface area contributed by atoms with E-state index < -0.39 is 23.2 Å². The number of nitrogens with one attached hydrogen (secondary N) is 2. The number of aromatic nitrogens is 3. The molecular weight excluding hydrogens is 448 g/mol. The van der Waals surface area contributed by atoms with Gasteiger partial charge in [-0.15, -0.1) is 5.10 Å². The van der Waals surface area contributed by atoms with Crippen molar-refractivity contribution in [1.82, 2.24) is 20.1 Å². The molecule has 1 aromatic heterocycles. The summed E-state index contributed by atoms with van der Waals surface area (Å²) in [5.41, 5.74) is -0.364. The van der Waals surface area contributed by atoms with Crippen molar-refractivity contribution in [1.29, 1.82) is 0 Å². The first-order valence-electron chi connectivity index (χ1n) is 9.56. The molecule has 0 unspecified atom stereocenters. The second kappa shape index (κ2) is 8.46. The molecule has 1 heterocycles. The maximum absolute atomic E-state index is 13.9. The van der Waals surface area contributed by atoms with Crippen LogP contribution in [0.2, 0.25) is 5.02 Å². The molecule has 0 amide bonds. The van der Waals surface area contributed by atoms with Crippen molar-refractivity contribution in [3.8, 4) is 17.1 Å². The number of allylic oxidation sites excluding steroid dienone is 1. The van der Waals surface area contributed by atoms with Gasteiger partial charge in [0.1, 0.15) is 5.82 Å². The van der Waals surface area contributed by atoms with Crippen LogP contribution in [0.3, 0.4) is 0 Å². The molecule has 2 aromatic carbocycles. The van der Waals surface area contributed by atoms with Gasteiger partial charge >= 0.3 is 11.9 Å². The van der Waals surface area contributed by atoms with E-state index in [1.807, 2.05) is 20.8 Å². The highest BCUT2D eigenvalue weighted by atomic mass is 35.5. The Labute approximate surface area is 186 Å². The Morgan fingerprint density at radius 1 is 1.19 bits per heavy atom. The Morgan fingerprint density at radius 2 is 1.88 bits per heavy atom. The first-order chi connectivity index (χ1) is 14.8. The third kappa shape index (κ3) is 5.04. The number of halogens is 5. The zero-order chi connectivity index (χ0) is 23.8. The molecule has 32 heavy (non-hydrogen) atoms. The lowest BCUT2D eigenvalue weighted by molar-refractivity contribution is -0.140. The fraction of sp³-hybridized carbons (Fsp3) is 0.273. The highest BCUT2D eigenvalue weighted by molar-refractivity contribution is 6.33. The fourth-order valence-corrected chi connectivity index (χ4v) is 3.03. The van der Waals surface area contributed by atoms with Crippen LogP contribution in [0, 0.1) is 11.2 Å². The lowest BCUT2D eigenvalue weighted by Crippen LogP contribution is -2.23. The fourth-order valence-electron chi connectivity index (χ4n) is 2.82. The van der Waals surface area contributed by atoms with E-state index in [1.54, 1.807) is 18.2 Å². The minimum Gasteiger partial charge on any atom is -0.384 e. The van der Waals surface area contributed by atoms with Crippen LogP contribution in [-0.2, 0) is 12.7 Å². The van der Waals surface area contributed by atoms with E-state index in [9.17, 15) is 22.4 Å². The highest BCUT2D eigenvalue weighted by Crippen LogP contribution is 2.32. The lowest BCUT2D eigenvalue weighted by atomic mass is 9.93. The van der Waals surface area contributed by atoms with Crippen LogP contribution in [0.15, 0.2) is 53.5 Å². The number of alkyl halides is 3. The van der Waals surface area contributed by atoms with Gasteiger partial charge in [0.15, 0.2) is 5.82 Å². The lowest BCUT2D eigenvalue weighted by Gasteiger charge is -2.23. The summed E-state index contributed by atoms with van der Waals surface area (Å²) in [6.07, 6.45) is -4.84. The SMILES string of the molecule is C=C(NCc1ccc(Cl)c(-c2nn(-c3ccc(C(F)(F)F)c(F)c3)c(=O)[nH]2)c1)C(C)(C)C. The van der Waals surface area contributed by atoms with Crippen LogP contribution in [0.4, 0.5) is 17.6 Å². The molecule has 3 rings (SSSR count). The molecule has 0 bridgehead atoms. The van der Waals surface area contributed by atoms with Crippen molar-refractivity contribution < 1.29 is 17.6 Å². The molecule has 0 saturated carbocycles. The zero-order valence-corrected chi connectivity index (χ0v) is 18.3. The number of H-pyrrole nitrogens is 1. The Kier molecular flexibility index (Phi) is 6.24.